The number of aryl methyl sites for hydroxylation is 1. The molecule has 0 bridgehead atoms. The molecule has 1 heterocycles. The second-order valence-corrected chi connectivity index (χ2v) is 6.98. The molecule has 0 saturated heterocycles. The molecule has 2 aromatic rings. The van der Waals surface area contributed by atoms with Gasteiger partial charge in [-0.25, -0.2) is 9.97 Å². The summed E-state index contributed by atoms with van der Waals surface area (Å²) in [4.78, 5) is 9.17. The number of hydrogen-bond acceptors (Lipinski definition) is 3. The number of unbranched alkanes of at least 4 members (excludes halogenated alkanes) is 7. The first-order valence-electron chi connectivity index (χ1n) is 10.4. The molecule has 1 aromatic heterocycles. The maximum Gasteiger partial charge on any atom is 0.162 e. The number of nitrogens with zero attached hydrogens (tertiary/aromatic N) is 2. The SMILES string of the molecule is CCCCCCCOc1ccccc1-c1ncc(CCCCCC)cn1. The Morgan fingerprint density at radius 1 is 0.769 bits per heavy atom. The molecule has 0 saturated carbocycles. The molecule has 0 aliphatic carbocycles. The van der Waals surface area contributed by atoms with Crippen molar-refractivity contribution in [3.05, 3.63) is 42.2 Å². The van der Waals surface area contributed by atoms with E-state index in [2.05, 4.69) is 23.8 Å². The normalized spacial score (nSPS) is 10.8. The highest BCUT2D eigenvalue weighted by molar-refractivity contribution is 5.63. The van der Waals surface area contributed by atoms with Crippen LogP contribution in [0.5, 0.6) is 5.75 Å². The Morgan fingerprint density at radius 3 is 2.15 bits per heavy atom. The lowest BCUT2D eigenvalue weighted by Crippen LogP contribution is -2.00. The largest absolute Gasteiger partial charge is 0.493 e. The quantitative estimate of drug-likeness (QED) is 0.379. The van der Waals surface area contributed by atoms with Gasteiger partial charge < -0.3 is 4.74 Å². The number of para-hydroxylation sites is 1. The average Bonchev–Trinajstić information content (AvgIpc) is 2.69. The van der Waals surface area contributed by atoms with Gasteiger partial charge in [0.25, 0.3) is 0 Å². The fourth-order valence-corrected chi connectivity index (χ4v) is 3.04. The third-order valence-corrected chi connectivity index (χ3v) is 4.66. The van der Waals surface area contributed by atoms with Gasteiger partial charge in [-0.15, -0.1) is 0 Å². The number of ether oxygens (including phenoxy) is 1. The molecule has 26 heavy (non-hydrogen) atoms. The molecule has 0 aliphatic rings. The Hall–Kier alpha value is -1.90. The molecule has 3 heteroatoms. The summed E-state index contributed by atoms with van der Waals surface area (Å²) in [6.45, 7) is 5.24. The number of aromatic nitrogens is 2. The van der Waals surface area contributed by atoms with Crippen LogP contribution in [0.1, 0.15) is 77.2 Å². The Labute approximate surface area is 159 Å². The zero-order valence-corrected chi connectivity index (χ0v) is 16.5. The molecule has 0 atom stereocenters. The van der Waals surface area contributed by atoms with Crippen LogP contribution < -0.4 is 4.74 Å². The number of hydrogen-bond donors (Lipinski definition) is 0. The third-order valence-electron chi connectivity index (χ3n) is 4.66. The molecular weight excluding hydrogens is 320 g/mol. The summed E-state index contributed by atoms with van der Waals surface area (Å²) in [5.41, 5.74) is 2.21. The predicted octanol–water partition coefficient (Wildman–Crippen LogP) is 6.62. The van der Waals surface area contributed by atoms with Gasteiger partial charge in [-0.3, -0.25) is 0 Å². The summed E-state index contributed by atoms with van der Waals surface area (Å²) < 4.78 is 6.01. The van der Waals surface area contributed by atoms with E-state index in [1.165, 1.54) is 56.9 Å². The lowest BCUT2D eigenvalue weighted by Gasteiger charge is -2.11. The van der Waals surface area contributed by atoms with Crippen molar-refractivity contribution in [1.29, 1.82) is 0 Å². The average molecular weight is 355 g/mol. The zero-order chi connectivity index (χ0) is 18.5. The highest BCUT2D eigenvalue weighted by Gasteiger charge is 2.08. The molecule has 1 aromatic carbocycles. The standard InChI is InChI=1S/C23H34N2O/c1-3-5-7-9-13-17-26-22-16-12-11-15-21(22)23-24-18-20(19-25-23)14-10-8-6-4-2/h11-12,15-16,18-19H,3-10,13-14,17H2,1-2H3. The lowest BCUT2D eigenvalue weighted by atomic mass is 10.1. The first-order valence-corrected chi connectivity index (χ1v) is 10.4. The summed E-state index contributed by atoms with van der Waals surface area (Å²) >= 11 is 0. The third kappa shape index (κ3) is 7.15. The minimum Gasteiger partial charge on any atom is -0.493 e. The zero-order valence-electron chi connectivity index (χ0n) is 16.5. The van der Waals surface area contributed by atoms with Crippen LogP contribution in [0.15, 0.2) is 36.7 Å². The molecular formula is C23H34N2O. The minimum atomic E-state index is 0.754. The first-order chi connectivity index (χ1) is 12.8. The number of benzene rings is 1. The Bertz CT molecular complexity index is 610. The van der Waals surface area contributed by atoms with Crippen LogP contribution in [-0.4, -0.2) is 16.6 Å². The van der Waals surface area contributed by atoms with E-state index < -0.39 is 0 Å². The van der Waals surface area contributed by atoms with Gasteiger partial charge in [0.15, 0.2) is 5.82 Å². The fourth-order valence-electron chi connectivity index (χ4n) is 3.04. The van der Waals surface area contributed by atoms with Gasteiger partial charge in [0.2, 0.25) is 0 Å². The van der Waals surface area contributed by atoms with E-state index >= 15 is 0 Å². The van der Waals surface area contributed by atoms with E-state index in [-0.39, 0.29) is 0 Å². The molecule has 0 radical (unpaired) electrons. The fraction of sp³-hybridized carbons (Fsp3) is 0.565. The highest BCUT2D eigenvalue weighted by Crippen LogP contribution is 2.27. The van der Waals surface area contributed by atoms with Crippen LogP contribution in [0, 0.1) is 0 Å². The van der Waals surface area contributed by atoms with Gasteiger partial charge >= 0.3 is 0 Å². The van der Waals surface area contributed by atoms with Gasteiger partial charge in [0.1, 0.15) is 5.75 Å². The van der Waals surface area contributed by atoms with Gasteiger partial charge in [0.05, 0.1) is 12.2 Å². The van der Waals surface area contributed by atoms with Gasteiger partial charge in [-0.1, -0.05) is 70.9 Å². The van der Waals surface area contributed by atoms with E-state index in [4.69, 9.17) is 4.74 Å². The monoisotopic (exact) mass is 354 g/mol. The first kappa shape index (κ1) is 20.4. The van der Waals surface area contributed by atoms with Crippen molar-refractivity contribution in [3.63, 3.8) is 0 Å². The predicted molar refractivity (Wildman–Crippen MR) is 110 cm³/mol. The van der Waals surface area contributed by atoms with Gasteiger partial charge in [0, 0.05) is 12.4 Å². The van der Waals surface area contributed by atoms with Crippen molar-refractivity contribution in [2.45, 2.75) is 78.1 Å². The maximum absolute atomic E-state index is 6.01. The molecule has 0 aliphatic heterocycles. The molecule has 142 valence electrons. The van der Waals surface area contributed by atoms with E-state index in [1.807, 2.05) is 36.7 Å². The summed E-state index contributed by atoms with van der Waals surface area (Å²) in [5, 5.41) is 0. The highest BCUT2D eigenvalue weighted by atomic mass is 16.5. The van der Waals surface area contributed by atoms with Crippen molar-refractivity contribution < 1.29 is 4.74 Å². The molecule has 0 fully saturated rings. The van der Waals surface area contributed by atoms with Crippen molar-refractivity contribution >= 4 is 0 Å². The van der Waals surface area contributed by atoms with Crippen LogP contribution in [0.3, 0.4) is 0 Å². The van der Waals surface area contributed by atoms with Gasteiger partial charge in [-0.05, 0) is 37.0 Å². The second kappa shape index (κ2) is 12.5. The van der Waals surface area contributed by atoms with Crippen molar-refractivity contribution in [2.24, 2.45) is 0 Å². The van der Waals surface area contributed by atoms with Crippen LogP contribution in [0.2, 0.25) is 0 Å². The van der Waals surface area contributed by atoms with Crippen LogP contribution in [0.25, 0.3) is 11.4 Å². The summed E-state index contributed by atoms with van der Waals surface area (Å²) in [6.07, 6.45) is 16.3. The summed E-state index contributed by atoms with van der Waals surface area (Å²) in [5.74, 6) is 1.64. The topological polar surface area (TPSA) is 35.0 Å². The van der Waals surface area contributed by atoms with E-state index in [9.17, 15) is 0 Å². The van der Waals surface area contributed by atoms with Crippen LogP contribution >= 0.6 is 0 Å². The summed E-state index contributed by atoms with van der Waals surface area (Å²) in [6, 6.07) is 8.09. The molecule has 0 N–H and O–H groups in total. The molecule has 0 amide bonds. The molecule has 2 rings (SSSR count). The number of rotatable bonds is 13. The lowest BCUT2D eigenvalue weighted by molar-refractivity contribution is 0.305. The van der Waals surface area contributed by atoms with Crippen molar-refractivity contribution in [3.8, 4) is 17.1 Å². The second-order valence-electron chi connectivity index (χ2n) is 6.98. The van der Waals surface area contributed by atoms with Crippen LogP contribution in [0.4, 0.5) is 0 Å². The van der Waals surface area contributed by atoms with Gasteiger partial charge in [-0.2, -0.15) is 0 Å². The van der Waals surface area contributed by atoms with E-state index in [0.29, 0.717) is 0 Å². The Morgan fingerprint density at radius 2 is 1.42 bits per heavy atom. The Balaban J connectivity index is 1.89. The molecule has 0 unspecified atom stereocenters. The van der Waals surface area contributed by atoms with Crippen LogP contribution in [-0.2, 0) is 6.42 Å². The maximum atomic E-state index is 6.01. The molecule has 3 nitrogen and oxygen atoms in total. The van der Waals surface area contributed by atoms with Crippen molar-refractivity contribution in [2.75, 3.05) is 6.61 Å². The van der Waals surface area contributed by atoms with E-state index in [0.717, 1.165) is 36.6 Å². The molecule has 0 spiro atoms. The Kier molecular flexibility index (Phi) is 9.78. The van der Waals surface area contributed by atoms with Crippen molar-refractivity contribution in [1.82, 2.24) is 9.97 Å². The minimum absolute atomic E-state index is 0.754. The summed E-state index contributed by atoms with van der Waals surface area (Å²) in [7, 11) is 0. The van der Waals surface area contributed by atoms with E-state index in [1.54, 1.807) is 0 Å². The smallest absolute Gasteiger partial charge is 0.162 e.